The van der Waals surface area contributed by atoms with Gasteiger partial charge in [0.15, 0.2) is 0 Å². The fraction of sp³-hybridized carbons (Fsp3) is 0.333. The number of fused-ring (bicyclic) bond motifs is 1. The van der Waals surface area contributed by atoms with Crippen molar-refractivity contribution in [1.82, 2.24) is 5.32 Å². The van der Waals surface area contributed by atoms with E-state index >= 15 is 0 Å². The monoisotopic (exact) mass is 216 g/mol. The van der Waals surface area contributed by atoms with Gasteiger partial charge in [-0.25, -0.2) is 0 Å². The molecule has 1 aromatic rings. The molecule has 4 nitrogen and oxygen atoms in total. The topological polar surface area (TPSA) is 62.1 Å². The van der Waals surface area contributed by atoms with Crippen LogP contribution in [-0.2, 0) is 4.79 Å². The Morgan fingerprint density at radius 2 is 2.38 bits per heavy atom. The summed E-state index contributed by atoms with van der Waals surface area (Å²) >= 11 is 0. The Hall–Kier alpha value is -2.02. The second-order valence-corrected chi connectivity index (χ2v) is 3.63. The quantitative estimate of drug-likeness (QED) is 0.815. The summed E-state index contributed by atoms with van der Waals surface area (Å²) in [6.07, 6.45) is 0.647. The zero-order valence-electron chi connectivity index (χ0n) is 8.77. The van der Waals surface area contributed by atoms with E-state index in [1.54, 1.807) is 0 Å². The number of benzene rings is 1. The third-order valence-electron chi connectivity index (χ3n) is 2.53. The van der Waals surface area contributed by atoms with Gasteiger partial charge >= 0.3 is 0 Å². The van der Waals surface area contributed by atoms with Crippen molar-refractivity contribution in [3.8, 4) is 11.8 Å². The van der Waals surface area contributed by atoms with Crippen LogP contribution in [0.1, 0.15) is 24.4 Å². The smallest absolute Gasteiger partial charge is 0.234 e. The van der Waals surface area contributed by atoms with E-state index in [9.17, 15) is 4.79 Å². The highest BCUT2D eigenvalue weighted by molar-refractivity contribution is 5.78. The molecule has 2 rings (SSSR count). The second kappa shape index (κ2) is 4.67. The predicted molar refractivity (Wildman–Crippen MR) is 57.7 cm³/mol. The van der Waals surface area contributed by atoms with Crippen LogP contribution in [0.5, 0.6) is 5.75 Å². The number of hydrogen-bond acceptors (Lipinski definition) is 3. The van der Waals surface area contributed by atoms with Crippen molar-refractivity contribution in [3.63, 3.8) is 0 Å². The maximum Gasteiger partial charge on any atom is 0.234 e. The zero-order valence-corrected chi connectivity index (χ0v) is 8.77. The first-order valence-electron chi connectivity index (χ1n) is 5.19. The summed E-state index contributed by atoms with van der Waals surface area (Å²) in [4.78, 5) is 11.3. The third-order valence-corrected chi connectivity index (χ3v) is 2.53. The highest BCUT2D eigenvalue weighted by Crippen LogP contribution is 2.31. The van der Waals surface area contributed by atoms with Crippen LogP contribution in [-0.4, -0.2) is 12.5 Å². The summed E-state index contributed by atoms with van der Waals surface area (Å²) in [5.74, 6) is 0.584. The first-order chi connectivity index (χ1) is 7.81. The van der Waals surface area contributed by atoms with Crippen molar-refractivity contribution in [1.29, 1.82) is 5.26 Å². The van der Waals surface area contributed by atoms with Gasteiger partial charge in [-0.1, -0.05) is 18.2 Å². The van der Waals surface area contributed by atoms with Gasteiger partial charge in [-0.05, 0) is 6.07 Å². The fourth-order valence-electron chi connectivity index (χ4n) is 1.81. The molecule has 0 bridgehead atoms. The van der Waals surface area contributed by atoms with Gasteiger partial charge < -0.3 is 10.1 Å². The number of amides is 1. The molecular formula is C12H12N2O2. The van der Waals surface area contributed by atoms with Crippen LogP contribution >= 0.6 is 0 Å². The minimum Gasteiger partial charge on any atom is -0.493 e. The Bertz CT molecular complexity index is 437. The molecule has 1 aliphatic rings. The fourth-order valence-corrected chi connectivity index (χ4v) is 1.81. The summed E-state index contributed by atoms with van der Waals surface area (Å²) in [6.45, 7) is 0.592. The summed E-state index contributed by atoms with van der Waals surface area (Å²) in [5.41, 5.74) is 0.986. The molecule has 82 valence electrons. The van der Waals surface area contributed by atoms with Crippen LogP contribution in [0.4, 0.5) is 0 Å². The molecule has 0 saturated carbocycles. The van der Waals surface area contributed by atoms with E-state index in [4.69, 9.17) is 10.00 Å². The Morgan fingerprint density at radius 1 is 1.56 bits per heavy atom. The van der Waals surface area contributed by atoms with Gasteiger partial charge in [0, 0.05) is 12.0 Å². The predicted octanol–water partition coefficient (Wildman–Crippen LogP) is 1.54. The highest BCUT2D eigenvalue weighted by Gasteiger charge is 2.22. The number of nitrogens with one attached hydrogen (secondary N) is 1. The van der Waals surface area contributed by atoms with Crippen LogP contribution in [0, 0.1) is 11.3 Å². The molecule has 0 aromatic heterocycles. The van der Waals surface area contributed by atoms with Crippen molar-refractivity contribution >= 4 is 5.91 Å². The van der Waals surface area contributed by atoms with Gasteiger partial charge in [-0.15, -0.1) is 0 Å². The lowest BCUT2D eigenvalue weighted by molar-refractivity contribution is -0.121. The van der Waals surface area contributed by atoms with Crippen LogP contribution < -0.4 is 10.1 Å². The van der Waals surface area contributed by atoms with E-state index in [-0.39, 0.29) is 18.4 Å². The van der Waals surface area contributed by atoms with E-state index in [1.165, 1.54) is 0 Å². The molecule has 16 heavy (non-hydrogen) atoms. The van der Waals surface area contributed by atoms with Gasteiger partial charge in [-0.3, -0.25) is 4.79 Å². The summed E-state index contributed by atoms with van der Waals surface area (Å²) < 4.78 is 5.48. The third kappa shape index (κ3) is 2.14. The van der Waals surface area contributed by atoms with Gasteiger partial charge in [0.1, 0.15) is 12.2 Å². The number of para-hydroxylation sites is 1. The molecule has 4 heteroatoms. The minimum atomic E-state index is -0.232. The largest absolute Gasteiger partial charge is 0.493 e. The van der Waals surface area contributed by atoms with Crippen molar-refractivity contribution < 1.29 is 9.53 Å². The van der Waals surface area contributed by atoms with Crippen LogP contribution in [0.15, 0.2) is 24.3 Å². The lowest BCUT2D eigenvalue weighted by atomic mass is 10.0. The van der Waals surface area contributed by atoms with Crippen LogP contribution in [0.3, 0.4) is 0 Å². The molecule has 1 aliphatic heterocycles. The molecule has 0 spiro atoms. The van der Waals surface area contributed by atoms with Gasteiger partial charge in [-0.2, -0.15) is 5.26 Å². The summed E-state index contributed by atoms with van der Waals surface area (Å²) in [5, 5.41) is 11.3. The Morgan fingerprint density at radius 3 is 3.19 bits per heavy atom. The number of nitriles is 1. The molecule has 0 saturated heterocycles. The van der Waals surface area contributed by atoms with Crippen molar-refractivity contribution in [2.24, 2.45) is 0 Å². The average Bonchev–Trinajstić information content (AvgIpc) is 2.30. The standard InChI is InChI=1S/C12H12N2O2/c13-7-5-12(15)14-10-6-8-16-11-4-2-1-3-9(10)11/h1-4,10H,5-6,8H2,(H,14,15). The number of rotatable bonds is 2. The van der Waals surface area contributed by atoms with Gasteiger partial charge in [0.05, 0.1) is 18.7 Å². The van der Waals surface area contributed by atoms with Gasteiger partial charge in [0.2, 0.25) is 5.91 Å². The molecule has 1 heterocycles. The minimum absolute atomic E-state index is 0.0363. The number of carbonyl (C=O) groups excluding carboxylic acids is 1. The second-order valence-electron chi connectivity index (χ2n) is 3.63. The SMILES string of the molecule is N#CCC(=O)NC1CCOc2ccccc21. The Balaban J connectivity index is 2.13. The molecule has 0 aliphatic carbocycles. The van der Waals surface area contributed by atoms with E-state index in [0.29, 0.717) is 6.61 Å². The maximum atomic E-state index is 11.3. The van der Waals surface area contributed by atoms with Crippen molar-refractivity contribution in [2.75, 3.05) is 6.61 Å². The van der Waals surface area contributed by atoms with E-state index in [0.717, 1.165) is 17.7 Å². The van der Waals surface area contributed by atoms with Crippen molar-refractivity contribution in [3.05, 3.63) is 29.8 Å². The normalized spacial score (nSPS) is 17.8. The molecule has 1 amide bonds. The summed E-state index contributed by atoms with van der Waals surface area (Å²) in [7, 11) is 0. The summed E-state index contributed by atoms with van der Waals surface area (Å²) in [6, 6.07) is 9.44. The van der Waals surface area contributed by atoms with Crippen molar-refractivity contribution in [2.45, 2.75) is 18.9 Å². The van der Waals surface area contributed by atoms with E-state index < -0.39 is 0 Å². The molecule has 0 fully saturated rings. The molecule has 0 radical (unpaired) electrons. The Labute approximate surface area is 93.8 Å². The molecule has 1 atom stereocenters. The first kappa shape index (κ1) is 10.5. The lowest BCUT2D eigenvalue weighted by Crippen LogP contribution is -2.31. The first-order valence-corrected chi connectivity index (χ1v) is 5.19. The average molecular weight is 216 g/mol. The molecule has 1 N–H and O–H groups in total. The number of ether oxygens (including phenoxy) is 1. The van der Waals surface area contributed by atoms with Crippen LogP contribution in [0.2, 0.25) is 0 Å². The Kier molecular flexibility index (Phi) is 3.06. The van der Waals surface area contributed by atoms with E-state index in [1.807, 2.05) is 30.3 Å². The lowest BCUT2D eigenvalue weighted by Gasteiger charge is -2.26. The van der Waals surface area contributed by atoms with Crippen LogP contribution in [0.25, 0.3) is 0 Å². The highest BCUT2D eigenvalue weighted by atomic mass is 16.5. The molecular weight excluding hydrogens is 204 g/mol. The molecule has 1 unspecified atom stereocenters. The van der Waals surface area contributed by atoms with Gasteiger partial charge in [0.25, 0.3) is 0 Å². The maximum absolute atomic E-state index is 11.3. The zero-order chi connectivity index (χ0) is 11.4. The number of hydrogen-bond donors (Lipinski definition) is 1. The molecule has 1 aromatic carbocycles. The van der Waals surface area contributed by atoms with E-state index in [2.05, 4.69) is 5.32 Å². The number of nitrogens with zero attached hydrogens (tertiary/aromatic N) is 1. The number of carbonyl (C=O) groups is 1.